The van der Waals surface area contributed by atoms with Crippen LogP contribution in [-0.4, -0.2) is 50.3 Å². The van der Waals surface area contributed by atoms with E-state index >= 15 is 0 Å². The van der Waals surface area contributed by atoms with Gasteiger partial charge in [-0.05, 0) is 29.5 Å². The number of aromatic amines is 1. The fourth-order valence-corrected chi connectivity index (χ4v) is 5.16. The average molecular weight is 436 g/mol. The zero-order valence-corrected chi connectivity index (χ0v) is 18.1. The predicted molar refractivity (Wildman–Crippen MR) is 119 cm³/mol. The summed E-state index contributed by atoms with van der Waals surface area (Å²) in [4.78, 5) is 42.7. The average Bonchev–Trinajstić information content (AvgIpc) is 3.47. The highest BCUT2D eigenvalue weighted by Gasteiger charge is 2.30. The van der Waals surface area contributed by atoms with Gasteiger partial charge in [-0.25, -0.2) is 4.98 Å². The largest absolute Gasteiger partial charge is 0.342 e. The van der Waals surface area contributed by atoms with Crippen molar-refractivity contribution in [1.29, 1.82) is 0 Å². The summed E-state index contributed by atoms with van der Waals surface area (Å²) < 4.78 is 0. The van der Waals surface area contributed by atoms with E-state index < -0.39 is 0 Å². The number of H-pyrrole nitrogens is 1. The zero-order valence-electron chi connectivity index (χ0n) is 17.3. The molecular formula is C23H25N5O2S. The van der Waals surface area contributed by atoms with Crippen LogP contribution < -0.4 is 5.56 Å². The normalized spacial score (nSPS) is 18.8. The standard InChI is InChI=1S/C23H25N5O2S/c29-21(11-18-4-2-10-31-18)28-9-5-17(14-28)22-25-20-6-8-27(15-19(20)23(30)26-22)13-16-3-1-7-24-12-16/h1-4,7,10,12,17H,5-6,8-9,11,13-15H2,(H,25,26,30)/t17-/m1/s1. The molecule has 3 aromatic heterocycles. The summed E-state index contributed by atoms with van der Waals surface area (Å²) in [6.07, 6.45) is 5.69. The van der Waals surface area contributed by atoms with Gasteiger partial charge in [0.2, 0.25) is 5.91 Å². The molecule has 5 heterocycles. The summed E-state index contributed by atoms with van der Waals surface area (Å²) >= 11 is 1.61. The molecule has 0 aliphatic carbocycles. The first-order valence-electron chi connectivity index (χ1n) is 10.7. The molecule has 31 heavy (non-hydrogen) atoms. The molecule has 0 bridgehead atoms. The number of nitrogens with one attached hydrogen (secondary N) is 1. The van der Waals surface area contributed by atoms with Crippen LogP contribution in [0.2, 0.25) is 0 Å². The lowest BCUT2D eigenvalue weighted by Gasteiger charge is -2.28. The molecule has 0 radical (unpaired) electrons. The van der Waals surface area contributed by atoms with Gasteiger partial charge in [-0.1, -0.05) is 12.1 Å². The summed E-state index contributed by atoms with van der Waals surface area (Å²) in [5, 5.41) is 2.00. The Balaban J connectivity index is 1.26. The first-order valence-corrected chi connectivity index (χ1v) is 11.6. The molecule has 160 valence electrons. The van der Waals surface area contributed by atoms with Gasteiger partial charge in [-0.3, -0.25) is 19.5 Å². The lowest BCUT2D eigenvalue weighted by molar-refractivity contribution is -0.129. The number of nitrogens with zero attached hydrogens (tertiary/aromatic N) is 4. The molecule has 1 atom stereocenters. The van der Waals surface area contributed by atoms with Gasteiger partial charge in [0.05, 0.1) is 17.7 Å². The van der Waals surface area contributed by atoms with Gasteiger partial charge in [0.15, 0.2) is 0 Å². The maximum atomic E-state index is 12.9. The molecular weight excluding hydrogens is 410 g/mol. The predicted octanol–water partition coefficient (Wildman–Crippen LogP) is 2.34. The Morgan fingerprint density at radius 3 is 3.00 bits per heavy atom. The number of hydrogen-bond acceptors (Lipinski definition) is 6. The quantitative estimate of drug-likeness (QED) is 0.665. The second-order valence-corrected chi connectivity index (χ2v) is 9.31. The van der Waals surface area contributed by atoms with E-state index in [1.807, 2.05) is 34.7 Å². The topological polar surface area (TPSA) is 82.2 Å². The lowest BCUT2D eigenvalue weighted by atomic mass is 10.0. The van der Waals surface area contributed by atoms with Crippen LogP contribution in [0.15, 0.2) is 46.8 Å². The SMILES string of the molecule is O=C(Cc1cccs1)N1CC[C@@H](c2nc3c(c(=O)[nH]2)CN(Cc2cccnc2)CC3)C1. The highest BCUT2D eigenvalue weighted by Crippen LogP contribution is 2.26. The third-order valence-electron chi connectivity index (χ3n) is 6.13. The summed E-state index contributed by atoms with van der Waals surface area (Å²) in [6.45, 7) is 3.59. The van der Waals surface area contributed by atoms with Gasteiger partial charge in [-0.2, -0.15) is 0 Å². The number of pyridine rings is 1. The molecule has 0 aromatic carbocycles. The summed E-state index contributed by atoms with van der Waals surface area (Å²) in [5.74, 6) is 0.978. The Bertz CT molecular complexity index is 1110. The smallest absolute Gasteiger partial charge is 0.255 e. The monoisotopic (exact) mass is 435 g/mol. The van der Waals surface area contributed by atoms with Crippen LogP contribution in [0, 0.1) is 0 Å². The first kappa shape index (κ1) is 20.1. The number of aromatic nitrogens is 3. The molecule has 8 heteroatoms. The van der Waals surface area contributed by atoms with E-state index in [1.165, 1.54) is 0 Å². The molecule has 2 aliphatic heterocycles. The molecule has 0 spiro atoms. The molecule has 1 saturated heterocycles. The van der Waals surface area contributed by atoms with Gasteiger partial charge in [-0.15, -0.1) is 11.3 Å². The van der Waals surface area contributed by atoms with Crippen molar-refractivity contribution in [2.75, 3.05) is 19.6 Å². The Morgan fingerprint density at radius 2 is 2.19 bits per heavy atom. The van der Waals surface area contributed by atoms with Crippen LogP contribution in [-0.2, 0) is 30.7 Å². The number of hydrogen-bond donors (Lipinski definition) is 1. The molecule has 2 aliphatic rings. The molecule has 0 saturated carbocycles. The van der Waals surface area contributed by atoms with E-state index in [0.29, 0.717) is 26.1 Å². The van der Waals surface area contributed by atoms with Crippen molar-refractivity contribution in [1.82, 2.24) is 24.8 Å². The third kappa shape index (κ3) is 4.45. The fraction of sp³-hybridized carbons (Fsp3) is 0.391. The van der Waals surface area contributed by atoms with Crippen molar-refractivity contribution >= 4 is 17.2 Å². The van der Waals surface area contributed by atoms with Crippen molar-refractivity contribution in [3.8, 4) is 0 Å². The number of likely N-dealkylation sites (tertiary alicyclic amines) is 1. The maximum absolute atomic E-state index is 12.9. The number of carbonyl (C=O) groups is 1. The number of amides is 1. The molecule has 1 N–H and O–H groups in total. The van der Waals surface area contributed by atoms with E-state index in [2.05, 4.69) is 20.9 Å². The van der Waals surface area contributed by atoms with Gasteiger partial charge in [0.25, 0.3) is 5.56 Å². The van der Waals surface area contributed by atoms with Crippen molar-refractivity contribution in [3.63, 3.8) is 0 Å². The van der Waals surface area contributed by atoms with Crippen LogP contribution in [0.1, 0.15) is 39.9 Å². The number of rotatable bonds is 5. The van der Waals surface area contributed by atoms with Crippen molar-refractivity contribution in [2.24, 2.45) is 0 Å². The summed E-state index contributed by atoms with van der Waals surface area (Å²) in [6, 6.07) is 7.96. The van der Waals surface area contributed by atoms with Crippen LogP contribution in [0.5, 0.6) is 0 Å². The zero-order chi connectivity index (χ0) is 21.2. The molecule has 1 amide bonds. The Morgan fingerprint density at radius 1 is 1.26 bits per heavy atom. The second-order valence-electron chi connectivity index (χ2n) is 8.28. The Kier molecular flexibility index (Phi) is 5.65. The van der Waals surface area contributed by atoms with E-state index in [1.54, 1.807) is 17.5 Å². The minimum Gasteiger partial charge on any atom is -0.342 e. The van der Waals surface area contributed by atoms with E-state index in [0.717, 1.165) is 53.5 Å². The minimum absolute atomic E-state index is 0.0424. The Labute approximate surface area is 184 Å². The number of fused-ring (bicyclic) bond motifs is 1. The first-order chi connectivity index (χ1) is 15.2. The molecule has 5 rings (SSSR count). The van der Waals surface area contributed by atoms with Gasteiger partial charge in [0.1, 0.15) is 5.82 Å². The van der Waals surface area contributed by atoms with E-state index in [9.17, 15) is 9.59 Å². The van der Waals surface area contributed by atoms with Crippen LogP contribution in [0.4, 0.5) is 0 Å². The minimum atomic E-state index is -0.0424. The van der Waals surface area contributed by atoms with Crippen molar-refractivity contribution < 1.29 is 4.79 Å². The molecule has 0 unspecified atom stereocenters. The Hall–Kier alpha value is -2.84. The van der Waals surface area contributed by atoms with Gasteiger partial charge >= 0.3 is 0 Å². The van der Waals surface area contributed by atoms with Crippen molar-refractivity contribution in [2.45, 2.75) is 38.3 Å². The highest BCUT2D eigenvalue weighted by atomic mass is 32.1. The molecule has 3 aromatic rings. The van der Waals surface area contributed by atoms with Crippen LogP contribution in [0.25, 0.3) is 0 Å². The van der Waals surface area contributed by atoms with Crippen molar-refractivity contribution in [3.05, 3.63) is 79.9 Å². The molecule has 1 fully saturated rings. The van der Waals surface area contributed by atoms with Gasteiger partial charge in [0, 0.05) is 62.3 Å². The summed E-state index contributed by atoms with van der Waals surface area (Å²) in [7, 11) is 0. The third-order valence-corrected chi connectivity index (χ3v) is 7.00. The number of carbonyl (C=O) groups excluding carboxylic acids is 1. The molecule has 7 nitrogen and oxygen atoms in total. The van der Waals surface area contributed by atoms with E-state index in [-0.39, 0.29) is 17.4 Å². The van der Waals surface area contributed by atoms with Crippen LogP contribution in [0.3, 0.4) is 0 Å². The summed E-state index contributed by atoms with van der Waals surface area (Å²) in [5.41, 5.74) is 2.77. The van der Waals surface area contributed by atoms with Gasteiger partial charge < -0.3 is 9.88 Å². The van der Waals surface area contributed by atoms with E-state index in [4.69, 9.17) is 4.98 Å². The maximum Gasteiger partial charge on any atom is 0.255 e. The highest BCUT2D eigenvalue weighted by molar-refractivity contribution is 7.10. The number of thiophene rings is 1. The van der Waals surface area contributed by atoms with Crippen LogP contribution >= 0.6 is 11.3 Å². The lowest BCUT2D eigenvalue weighted by Crippen LogP contribution is -2.36. The second kappa shape index (κ2) is 8.72. The fourth-order valence-electron chi connectivity index (χ4n) is 4.46.